The highest BCUT2D eigenvalue weighted by atomic mass is 16.5. The number of nitrogens with one attached hydrogen (secondary N) is 2. The van der Waals surface area contributed by atoms with Gasteiger partial charge in [-0.25, -0.2) is 0 Å². The van der Waals surface area contributed by atoms with E-state index in [1.54, 1.807) is 7.05 Å². The van der Waals surface area contributed by atoms with Crippen LogP contribution in [0.4, 0.5) is 0 Å². The number of aliphatic imine (C=N–C) groups is 1. The number of nitrogens with zero attached hydrogens (tertiary/aromatic N) is 4. The lowest BCUT2D eigenvalue weighted by molar-refractivity contribution is 0.0453. The minimum Gasteiger partial charge on any atom is -0.379 e. The molecule has 0 aliphatic heterocycles. The Morgan fingerprint density at radius 2 is 1.83 bits per heavy atom. The normalized spacial score (nSPS) is 11.7. The van der Waals surface area contributed by atoms with Gasteiger partial charge in [0.2, 0.25) is 0 Å². The smallest absolute Gasteiger partial charge is 0.191 e. The van der Waals surface area contributed by atoms with Crippen molar-refractivity contribution < 1.29 is 9.47 Å². The first kappa shape index (κ1) is 20.8. The molecule has 0 saturated heterocycles. The van der Waals surface area contributed by atoms with Gasteiger partial charge in [0, 0.05) is 26.4 Å². The lowest BCUT2D eigenvalue weighted by Gasteiger charge is -2.12. The summed E-state index contributed by atoms with van der Waals surface area (Å²) in [4.78, 5) is 4.28. The number of benzene rings is 1. The number of guanidine groups is 1. The van der Waals surface area contributed by atoms with Gasteiger partial charge in [-0.15, -0.1) is 10.2 Å². The van der Waals surface area contributed by atoms with Crippen LogP contribution in [0.25, 0.3) is 5.65 Å². The van der Waals surface area contributed by atoms with E-state index in [1.807, 2.05) is 41.8 Å². The molecule has 2 aromatic heterocycles. The Labute approximate surface area is 171 Å². The van der Waals surface area contributed by atoms with E-state index < -0.39 is 0 Å². The highest BCUT2D eigenvalue weighted by Gasteiger charge is 2.06. The molecule has 0 atom stereocenters. The fraction of sp³-hybridized carbons (Fsp3) is 0.381. The number of rotatable bonds is 10. The number of aromatic nitrogens is 3. The van der Waals surface area contributed by atoms with E-state index >= 15 is 0 Å². The zero-order valence-corrected chi connectivity index (χ0v) is 17.0. The molecule has 1 aromatic carbocycles. The first-order chi connectivity index (χ1) is 14.3. The van der Waals surface area contributed by atoms with Crippen LogP contribution < -0.4 is 10.6 Å². The van der Waals surface area contributed by atoms with Crippen LogP contribution in [0.2, 0.25) is 0 Å². The van der Waals surface area contributed by atoms with Crippen molar-refractivity contribution in [2.75, 3.05) is 26.9 Å². The lowest BCUT2D eigenvalue weighted by atomic mass is 10.1. The maximum absolute atomic E-state index is 5.64. The summed E-state index contributed by atoms with van der Waals surface area (Å²) >= 11 is 0. The molecule has 8 heteroatoms. The zero-order chi connectivity index (χ0) is 20.3. The summed E-state index contributed by atoms with van der Waals surface area (Å²) < 4.78 is 12.9. The van der Waals surface area contributed by atoms with E-state index in [4.69, 9.17) is 9.47 Å². The van der Waals surface area contributed by atoms with Crippen molar-refractivity contribution >= 4 is 11.6 Å². The molecule has 154 valence electrons. The van der Waals surface area contributed by atoms with Crippen LogP contribution in [-0.4, -0.2) is 47.4 Å². The summed E-state index contributed by atoms with van der Waals surface area (Å²) in [5, 5.41) is 15.0. The summed E-state index contributed by atoms with van der Waals surface area (Å²) in [6.45, 7) is 5.69. The summed E-state index contributed by atoms with van der Waals surface area (Å²) in [5.74, 6) is 1.53. The minimum absolute atomic E-state index is 0.526. The Hall–Kier alpha value is -2.97. The molecule has 0 aliphatic carbocycles. The van der Waals surface area contributed by atoms with Crippen LogP contribution in [-0.2, 0) is 29.2 Å². The predicted octanol–water partition coefficient (Wildman–Crippen LogP) is 2.15. The van der Waals surface area contributed by atoms with Gasteiger partial charge in [0.1, 0.15) is 0 Å². The third-order valence-electron chi connectivity index (χ3n) is 4.32. The van der Waals surface area contributed by atoms with Crippen molar-refractivity contribution in [1.82, 2.24) is 25.2 Å². The molecule has 2 heterocycles. The SMILES string of the molecule is CCOCCOCc1cccc(CNC(=NC)NCc2nnc3ccccn23)c1. The molecule has 0 saturated carbocycles. The van der Waals surface area contributed by atoms with E-state index in [-0.39, 0.29) is 0 Å². The molecule has 0 unspecified atom stereocenters. The molecule has 2 N–H and O–H groups in total. The fourth-order valence-electron chi connectivity index (χ4n) is 2.86. The molecule has 0 amide bonds. The molecule has 29 heavy (non-hydrogen) atoms. The molecule has 8 nitrogen and oxygen atoms in total. The summed E-state index contributed by atoms with van der Waals surface area (Å²) in [7, 11) is 1.75. The molecule has 0 fully saturated rings. The van der Waals surface area contributed by atoms with Crippen molar-refractivity contribution in [3.8, 4) is 0 Å². The van der Waals surface area contributed by atoms with E-state index in [1.165, 1.54) is 0 Å². The van der Waals surface area contributed by atoms with Crippen molar-refractivity contribution in [3.63, 3.8) is 0 Å². The van der Waals surface area contributed by atoms with Gasteiger partial charge >= 0.3 is 0 Å². The highest BCUT2D eigenvalue weighted by Crippen LogP contribution is 2.07. The largest absolute Gasteiger partial charge is 0.379 e. The van der Waals surface area contributed by atoms with Gasteiger partial charge in [-0.1, -0.05) is 30.3 Å². The third-order valence-corrected chi connectivity index (χ3v) is 4.32. The number of hydrogen-bond donors (Lipinski definition) is 2. The van der Waals surface area contributed by atoms with E-state index in [2.05, 4.69) is 44.0 Å². The van der Waals surface area contributed by atoms with Gasteiger partial charge in [0.15, 0.2) is 17.4 Å². The van der Waals surface area contributed by atoms with Gasteiger partial charge in [-0.05, 0) is 30.2 Å². The molecule has 0 aliphatic rings. The Bertz CT molecular complexity index is 924. The van der Waals surface area contributed by atoms with Crippen LogP contribution in [0.1, 0.15) is 23.9 Å². The van der Waals surface area contributed by atoms with E-state index in [9.17, 15) is 0 Å². The van der Waals surface area contributed by atoms with E-state index in [0.29, 0.717) is 45.5 Å². The van der Waals surface area contributed by atoms with Crippen molar-refractivity contribution in [2.24, 2.45) is 4.99 Å². The van der Waals surface area contributed by atoms with Crippen molar-refractivity contribution in [2.45, 2.75) is 26.6 Å². The van der Waals surface area contributed by atoms with E-state index in [0.717, 1.165) is 22.6 Å². The topological polar surface area (TPSA) is 85.1 Å². The average molecular weight is 396 g/mol. The second-order valence-electron chi connectivity index (χ2n) is 6.39. The summed E-state index contributed by atoms with van der Waals surface area (Å²) in [6, 6.07) is 14.1. The number of hydrogen-bond acceptors (Lipinski definition) is 5. The maximum atomic E-state index is 5.64. The third kappa shape index (κ3) is 6.27. The molecule has 0 bridgehead atoms. The van der Waals surface area contributed by atoms with Gasteiger partial charge in [-0.3, -0.25) is 9.39 Å². The van der Waals surface area contributed by atoms with Gasteiger partial charge in [-0.2, -0.15) is 0 Å². The molecular weight excluding hydrogens is 368 g/mol. The quantitative estimate of drug-likeness (QED) is 0.310. The lowest BCUT2D eigenvalue weighted by Crippen LogP contribution is -2.36. The van der Waals surface area contributed by atoms with Crippen molar-refractivity contribution in [3.05, 3.63) is 65.6 Å². The Kier molecular flexibility index (Phi) is 7.97. The standard InChI is InChI=1S/C21H28N6O2/c1-3-28-11-12-29-16-18-8-6-7-17(13-18)14-23-21(22-2)24-15-20-26-25-19-9-4-5-10-27(19)20/h4-10,13H,3,11-12,14-16H2,1-2H3,(H2,22,23,24). The predicted molar refractivity (Wildman–Crippen MR) is 113 cm³/mol. The Balaban J connectivity index is 1.47. The van der Waals surface area contributed by atoms with Crippen LogP contribution in [0, 0.1) is 0 Å². The van der Waals surface area contributed by atoms with Crippen LogP contribution in [0.3, 0.4) is 0 Å². The minimum atomic E-state index is 0.526. The molecular formula is C21H28N6O2. The Morgan fingerprint density at radius 3 is 2.69 bits per heavy atom. The monoisotopic (exact) mass is 396 g/mol. The molecule has 0 radical (unpaired) electrons. The highest BCUT2D eigenvalue weighted by molar-refractivity contribution is 5.79. The summed E-state index contributed by atoms with van der Waals surface area (Å²) in [6.07, 6.45) is 1.95. The molecule has 3 aromatic rings. The summed E-state index contributed by atoms with van der Waals surface area (Å²) in [5.41, 5.74) is 3.12. The zero-order valence-electron chi connectivity index (χ0n) is 17.0. The number of fused-ring (bicyclic) bond motifs is 1. The van der Waals surface area contributed by atoms with Crippen molar-refractivity contribution in [1.29, 1.82) is 0 Å². The Morgan fingerprint density at radius 1 is 1.00 bits per heavy atom. The number of ether oxygens (including phenoxy) is 2. The van der Waals surface area contributed by atoms with Crippen LogP contribution in [0.5, 0.6) is 0 Å². The molecule has 0 spiro atoms. The van der Waals surface area contributed by atoms with Gasteiger partial charge in [0.05, 0.1) is 26.4 Å². The van der Waals surface area contributed by atoms with Crippen LogP contribution in [0.15, 0.2) is 53.7 Å². The molecule has 3 rings (SSSR count). The average Bonchev–Trinajstić information content (AvgIpc) is 3.17. The first-order valence-electron chi connectivity index (χ1n) is 9.76. The van der Waals surface area contributed by atoms with Gasteiger partial charge < -0.3 is 20.1 Å². The first-order valence-corrected chi connectivity index (χ1v) is 9.76. The second-order valence-corrected chi connectivity index (χ2v) is 6.39. The fourth-order valence-corrected chi connectivity index (χ4v) is 2.86. The van der Waals surface area contributed by atoms with Gasteiger partial charge in [0.25, 0.3) is 0 Å². The number of pyridine rings is 1. The second kappa shape index (κ2) is 11.1. The van der Waals surface area contributed by atoms with Crippen LogP contribution >= 0.6 is 0 Å². The maximum Gasteiger partial charge on any atom is 0.191 e.